The number of rotatable bonds is 5. The predicted octanol–water partition coefficient (Wildman–Crippen LogP) is 0.796. The summed E-state index contributed by atoms with van der Waals surface area (Å²) in [6.45, 7) is 0.400. The molecular weight excluding hydrogens is 274 g/mol. The molecule has 6 nitrogen and oxygen atoms in total. The molecule has 114 valence electrons. The highest BCUT2D eigenvalue weighted by Gasteiger charge is 2.38. The maximum absolute atomic E-state index is 12.4. The number of carbonyl (C=O) groups excluding carboxylic acids is 1. The average molecular weight is 293 g/mol. The number of amides is 1. The minimum absolute atomic E-state index is 0.145. The van der Waals surface area contributed by atoms with E-state index in [1.807, 2.05) is 18.2 Å². The Bertz CT molecular complexity index is 531. The third-order valence-electron chi connectivity index (χ3n) is 3.79. The van der Waals surface area contributed by atoms with E-state index < -0.39 is 17.9 Å². The molecule has 1 heterocycles. The SMILES string of the molecule is COc1ccccc1CC(=O)N(C)C1COCC1C(=O)O. The van der Waals surface area contributed by atoms with Gasteiger partial charge in [0, 0.05) is 12.6 Å². The molecule has 2 atom stereocenters. The van der Waals surface area contributed by atoms with Crippen LogP contribution in [0.25, 0.3) is 0 Å². The van der Waals surface area contributed by atoms with E-state index in [0.717, 1.165) is 5.56 Å². The normalized spacial score (nSPS) is 21.0. The first kappa shape index (κ1) is 15.3. The molecule has 2 rings (SSSR count). The average Bonchev–Trinajstić information content (AvgIpc) is 2.96. The van der Waals surface area contributed by atoms with E-state index in [0.29, 0.717) is 5.75 Å². The minimum Gasteiger partial charge on any atom is -0.496 e. The Labute approximate surface area is 123 Å². The fourth-order valence-electron chi connectivity index (χ4n) is 2.48. The summed E-state index contributed by atoms with van der Waals surface area (Å²) in [5.41, 5.74) is 0.780. The van der Waals surface area contributed by atoms with Crippen LogP contribution in [0.5, 0.6) is 5.75 Å². The van der Waals surface area contributed by atoms with Crippen LogP contribution in [0.1, 0.15) is 5.56 Å². The van der Waals surface area contributed by atoms with Gasteiger partial charge >= 0.3 is 5.97 Å². The van der Waals surface area contributed by atoms with Crippen molar-refractivity contribution in [3.05, 3.63) is 29.8 Å². The van der Waals surface area contributed by atoms with Gasteiger partial charge in [-0.2, -0.15) is 0 Å². The Hall–Kier alpha value is -2.08. The monoisotopic (exact) mass is 293 g/mol. The summed E-state index contributed by atoms with van der Waals surface area (Å²) in [5.74, 6) is -1.11. The lowest BCUT2D eigenvalue weighted by molar-refractivity contribution is -0.144. The maximum atomic E-state index is 12.4. The van der Waals surface area contributed by atoms with Crippen LogP contribution in [0.15, 0.2) is 24.3 Å². The molecule has 1 N–H and O–H groups in total. The van der Waals surface area contributed by atoms with Crippen LogP contribution < -0.4 is 4.74 Å². The summed E-state index contributed by atoms with van der Waals surface area (Å²) in [5, 5.41) is 9.15. The predicted molar refractivity (Wildman–Crippen MR) is 75.2 cm³/mol. The molecule has 1 saturated heterocycles. The summed E-state index contributed by atoms with van der Waals surface area (Å²) in [6, 6.07) is 6.86. The van der Waals surface area contributed by atoms with E-state index in [-0.39, 0.29) is 25.5 Å². The summed E-state index contributed by atoms with van der Waals surface area (Å²) in [7, 11) is 3.17. The molecule has 1 amide bonds. The summed E-state index contributed by atoms with van der Waals surface area (Å²) >= 11 is 0. The first-order chi connectivity index (χ1) is 10.0. The molecule has 0 aromatic heterocycles. The van der Waals surface area contributed by atoms with Gasteiger partial charge < -0.3 is 19.5 Å². The van der Waals surface area contributed by atoms with E-state index in [1.165, 1.54) is 4.90 Å². The van der Waals surface area contributed by atoms with E-state index in [4.69, 9.17) is 14.6 Å². The third-order valence-corrected chi connectivity index (χ3v) is 3.79. The van der Waals surface area contributed by atoms with Gasteiger partial charge in [-0.05, 0) is 6.07 Å². The molecule has 6 heteroatoms. The molecule has 2 unspecified atom stereocenters. The van der Waals surface area contributed by atoms with Gasteiger partial charge in [-0.3, -0.25) is 9.59 Å². The Kier molecular flexibility index (Phi) is 4.80. The number of carboxylic acid groups (broad SMARTS) is 1. The molecular formula is C15H19NO5. The lowest BCUT2D eigenvalue weighted by atomic mass is 10.0. The zero-order valence-electron chi connectivity index (χ0n) is 12.1. The van der Waals surface area contributed by atoms with Crippen molar-refractivity contribution in [1.82, 2.24) is 4.90 Å². The van der Waals surface area contributed by atoms with Gasteiger partial charge in [0.1, 0.15) is 11.7 Å². The second kappa shape index (κ2) is 6.58. The maximum Gasteiger partial charge on any atom is 0.311 e. The second-order valence-corrected chi connectivity index (χ2v) is 5.04. The van der Waals surface area contributed by atoms with Crippen molar-refractivity contribution in [2.24, 2.45) is 5.92 Å². The van der Waals surface area contributed by atoms with Gasteiger partial charge in [-0.1, -0.05) is 18.2 Å². The van der Waals surface area contributed by atoms with Crippen LogP contribution in [0.3, 0.4) is 0 Å². The summed E-state index contributed by atoms with van der Waals surface area (Å²) in [4.78, 5) is 25.0. The number of aliphatic carboxylic acids is 1. The Morgan fingerprint density at radius 2 is 2.10 bits per heavy atom. The molecule has 0 spiro atoms. The van der Waals surface area contributed by atoms with Crippen LogP contribution in [0.2, 0.25) is 0 Å². The molecule has 1 fully saturated rings. The number of benzene rings is 1. The van der Waals surface area contributed by atoms with Crippen molar-refractivity contribution in [3.63, 3.8) is 0 Å². The molecule has 0 radical (unpaired) electrons. The number of likely N-dealkylation sites (N-methyl/N-ethyl adjacent to an activating group) is 1. The van der Waals surface area contributed by atoms with Gasteiger partial charge in [0.15, 0.2) is 0 Å². The van der Waals surface area contributed by atoms with Gasteiger partial charge in [0.05, 0.1) is 32.8 Å². The standard InChI is InChI=1S/C15H19NO5/c1-16(12-9-21-8-11(12)15(18)19)14(17)7-10-5-3-4-6-13(10)20-2/h3-6,11-12H,7-9H2,1-2H3,(H,18,19). The zero-order valence-corrected chi connectivity index (χ0v) is 12.1. The van der Waals surface area contributed by atoms with E-state index in [9.17, 15) is 9.59 Å². The quantitative estimate of drug-likeness (QED) is 0.869. The molecule has 0 bridgehead atoms. The van der Waals surface area contributed by atoms with Crippen LogP contribution in [0.4, 0.5) is 0 Å². The van der Waals surface area contributed by atoms with E-state index >= 15 is 0 Å². The van der Waals surface area contributed by atoms with Crippen molar-refractivity contribution in [3.8, 4) is 5.75 Å². The first-order valence-corrected chi connectivity index (χ1v) is 6.72. The summed E-state index contributed by atoms with van der Waals surface area (Å²) in [6.07, 6.45) is 0.170. The molecule has 1 aliphatic heterocycles. The lowest BCUT2D eigenvalue weighted by Gasteiger charge is -2.26. The Balaban J connectivity index is 2.07. The van der Waals surface area contributed by atoms with Crippen molar-refractivity contribution < 1.29 is 24.2 Å². The molecule has 0 saturated carbocycles. The smallest absolute Gasteiger partial charge is 0.311 e. The fourth-order valence-corrected chi connectivity index (χ4v) is 2.48. The number of hydrogen-bond donors (Lipinski definition) is 1. The van der Waals surface area contributed by atoms with Crippen molar-refractivity contribution in [2.45, 2.75) is 12.5 Å². The number of para-hydroxylation sites is 1. The highest BCUT2D eigenvalue weighted by molar-refractivity contribution is 5.81. The number of ether oxygens (including phenoxy) is 2. The van der Waals surface area contributed by atoms with Crippen LogP contribution in [0, 0.1) is 5.92 Å². The van der Waals surface area contributed by atoms with Gasteiger partial charge in [-0.25, -0.2) is 0 Å². The van der Waals surface area contributed by atoms with E-state index in [1.54, 1.807) is 20.2 Å². The number of hydrogen-bond acceptors (Lipinski definition) is 4. The van der Waals surface area contributed by atoms with Crippen LogP contribution in [-0.4, -0.2) is 55.3 Å². The number of nitrogens with zero attached hydrogens (tertiary/aromatic N) is 1. The molecule has 1 aromatic carbocycles. The Morgan fingerprint density at radius 1 is 1.38 bits per heavy atom. The molecule has 1 aromatic rings. The van der Waals surface area contributed by atoms with Crippen LogP contribution in [-0.2, 0) is 20.7 Å². The number of carbonyl (C=O) groups is 2. The van der Waals surface area contributed by atoms with Gasteiger partial charge in [0.25, 0.3) is 0 Å². The molecule has 21 heavy (non-hydrogen) atoms. The number of methoxy groups -OCH3 is 1. The minimum atomic E-state index is -0.936. The van der Waals surface area contributed by atoms with Crippen molar-refractivity contribution in [1.29, 1.82) is 0 Å². The van der Waals surface area contributed by atoms with E-state index in [2.05, 4.69) is 0 Å². The number of carboxylic acids is 1. The van der Waals surface area contributed by atoms with Crippen molar-refractivity contribution >= 4 is 11.9 Å². The fraction of sp³-hybridized carbons (Fsp3) is 0.467. The third kappa shape index (κ3) is 3.33. The lowest BCUT2D eigenvalue weighted by Crippen LogP contribution is -2.44. The van der Waals surface area contributed by atoms with Crippen LogP contribution >= 0.6 is 0 Å². The zero-order chi connectivity index (χ0) is 15.4. The first-order valence-electron chi connectivity index (χ1n) is 6.72. The largest absolute Gasteiger partial charge is 0.496 e. The van der Waals surface area contributed by atoms with Crippen molar-refractivity contribution in [2.75, 3.05) is 27.4 Å². The molecule has 0 aliphatic carbocycles. The Morgan fingerprint density at radius 3 is 2.76 bits per heavy atom. The summed E-state index contributed by atoms with van der Waals surface area (Å²) < 4.78 is 10.4. The molecule has 1 aliphatic rings. The highest BCUT2D eigenvalue weighted by Crippen LogP contribution is 2.22. The topological polar surface area (TPSA) is 76.1 Å². The van der Waals surface area contributed by atoms with Gasteiger partial charge in [-0.15, -0.1) is 0 Å². The second-order valence-electron chi connectivity index (χ2n) is 5.04. The van der Waals surface area contributed by atoms with Gasteiger partial charge in [0.2, 0.25) is 5.91 Å². The highest BCUT2D eigenvalue weighted by atomic mass is 16.5.